The normalized spacial score (nSPS) is 10.5. The maximum Gasteiger partial charge on any atom is 0.148 e. The van der Waals surface area contributed by atoms with E-state index in [0.29, 0.717) is 0 Å². The SMILES string of the molecule is CC.COc1cc(C(C)(C)C)sc1Cl. The molecule has 3 heteroatoms. The van der Waals surface area contributed by atoms with Gasteiger partial charge in [0.05, 0.1) is 7.11 Å². The van der Waals surface area contributed by atoms with Crippen LogP contribution in [0.25, 0.3) is 0 Å². The van der Waals surface area contributed by atoms with Crippen molar-refractivity contribution in [3.8, 4) is 5.75 Å². The van der Waals surface area contributed by atoms with Crippen molar-refractivity contribution >= 4 is 22.9 Å². The van der Waals surface area contributed by atoms with Gasteiger partial charge in [0.15, 0.2) is 0 Å². The highest BCUT2D eigenvalue weighted by Crippen LogP contribution is 2.39. The van der Waals surface area contributed by atoms with Crippen LogP contribution < -0.4 is 4.74 Å². The van der Waals surface area contributed by atoms with Gasteiger partial charge in [-0.15, -0.1) is 11.3 Å². The van der Waals surface area contributed by atoms with Crippen molar-refractivity contribution in [2.24, 2.45) is 0 Å². The Morgan fingerprint density at radius 1 is 1.29 bits per heavy atom. The molecule has 82 valence electrons. The molecule has 0 aliphatic heterocycles. The van der Waals surface area contributed by atoms with Crippen molar-refractivity contribution in [3.05, 3.63) is 15.3 Å². The molecule has 0 N–H and O–H groups in total. The van der Waals surface area contributed by atoms with Crippen molar-refractivity contribution < 1.29 is 4.74 Å². The zero-order valence-electron chi connectivity index (χ0n) is 9.77. The molecule has 0 fully saturated rings. The second-order valence-electron chi connectivity index (χ2n) is 3.70. The Kier molecular flexibility index (Phi) is 5.53. The fourth-order valence-corrected chi connectivity index (χ4v) is 2.15. The minimum absolute atomic E-state index is 0.158. The van der Waals surface area contributed by atoms with Gasteiger partial charge < -0.3 is 4.74 Å². The van der Waals surface area contributed by atoms with Gasteiger partial charge in [0.2, 0.25) is 0 Å². The van der Waals surface area contributed by atoms with Crippen molar-refractivity contribution in [1.82, 2.24) is 0 Å². The van der Waals surface area contributed by atoms with E-state index in [4.69, 9.17) is 16.3 Å². The molecule has 0 unspecified atom stereocenters. The van der Waals surface area contributed by atoms with Crippen LogP contribution in [-0.2, 0) is 5.41 Å². The summed E-state index contributed by atoms with van der Waals surface area (Å²) >= 11 is 7.53. The van der Waals surface area contributed by atoms with E-state index >= 15 is 0 Å². The fourth-order valence-electron chi connectivity index (χ4n) is 0.861. The standard InChI is InChI=1S/C9H13ClOS.C2H6/c1-9(2,3)7-5-6(11-4)8(10)12-7;1-2/h5H,1-4H3;1-2H3. The Morgan fingerprint density at radius 3 is 2.00 bits per heavy atom. The van der Waals surface area contributed by atoms with Gasteiger partial charge in [-0.25, -0.2) is 0 Å². The molecule has 0 saturated heterocycles. The summed E-state index contributed by atoms with van der Waals surface area (Å²) in [5.74, 6) is 0.784. The fraction of sp³-hybridized carbons (Fsp3) is 0.636. The van der Waals surface area contributed by atoms with Crippen molar-refractivity contribution in [2.75, 3.05) is 7.11 Å². The molecule has 0 amide bonds. The van der Waals surface area contributed by atoms with Crippen LogP contribution in [-0.4, -0.2) is 7.11 Å². The zero-order chi connectivity index (χ0) is 11.4. The maximum absolute atomic E-state index is 5.94. The van der Waals surface area contributed by atoms with Gasteiger partial charge in [-0.2, -0.15) is 0 Å². The Balaban J connectivity index is 0.000000791. The smallest absolute Gasteiger partial charge is 0.148 e. The van der Waals surface area contributed by atoms with Gasteiger partial charge in [-0.1, -0.05) is 46.2 Å². The molecule has 0 radical (unpaired) electrons. The van der Waals surface area contributed by atoms with Crippen LogP contribution in [0, 0.1) is 0 Å². The molecule has 1 aromatic heterocycles. The lowest BCUT2D eigenvalue weighted by atomic mass is 9.95. The molecule has 1 nitrogen and oxygen atoms in total. The molecule has 0 aliphatic carbocycles. The molecule has 0 spiro atoms. The Morgan fingerprint density at radius 2 is 1.79 bits per heavy atom. The van der Waals surface area contributed by atoms with Gasteiger partial charge in [-0.3, -0.25) is 0 Å². The molecule has 0 aliphatic rings. The molecular formula is C11H19ClOS. The van der Waals surface area contributed by atoms with E-state index in [0.717, 1.165) is 10.1 Å². The number of halogens is 1. The molecule has 0 atom stereocenters. The zero-order valence-corrected chi connectivity index (χ0v) is 11.3. The first-order valence-corrected chi connectivity index (χ1v) is 5.98. The summed E-state index contributed by atoms with van der Waals surface area (Å²) in [4.78, 5) is 1.25. The molecule has 0 aromatic carbocycles. The molecule has 1 aromatic rings. The van der Waals surface area contributed by atoms with E-state index in [1.165, 1.54) is 4.88 Å². The number of ether oxygens (including phenoxy) is 1. The van der Waals surface area contributed by atoms with Crippen LogP contribution in [0.4, 0.5) is 0 Å². The maximum atomic E-state index is 5.94. The average Bonchev–Trinajstić information content (AvgIpc) is 2.49. The number of methoxy groups -OCH3 is 1. The summed E-state index contributed by atoms with van der Waals surface area (Å²) in [5, 5.41) is 0. The van der Waals surface area contributed by atoms with Crippen LogP contribution in [0.3, 0.4) is 0 Å². The predicted molar refractivity (Wildman–Crippen MR) is 65.9 cm³/mol. The van der Waals surface area contributed by atoms with E-state index in [1.807, 2.05) is 19.9 Å². The predicted octanol–water partition coefficient (Wildman–Crippen LogP) is 4.73. The highest BCUT2D eigenvalue weighted by molar-refractivity contribution is 7.16. The van der Waals surface area contributed by atoms with Gasteiger partial charge in [0.1, 0.15) is 10.1 Å². The molecule has 1 rings (SSSR count). The highest BCUT2D eigenvalue weighted by atomic mass is 35.5. The lowest BCUT2D eigenvalue weighted by Crippen LogP contribution is -2.07. The van der Waals surface area contributed by atoms with E-state index in [1.54, 1.807) is 18.4 Å². The summed E-state index contributed by atoms with van der Waals surface area (Å²) in [6, 6.07) is 2.01. The van der Waals surface area contributed by atoms with Crippen molar-refractivity contribution in [2.45, 2.75) is 40.0 Å². The topological polar surface area (TPSA) is 9.23 Å². The number of hydrogen-bond donors (Lipinski definition) is 0. The van der Waals surface area contributed by atoms with Crippen molar-refractivity contribution in [1.29, 1.82) is 0 Å². The minimum Gasteiger partial charge on any atom is -0.494 e. The monoisotopic (exact) mass is 234 g/mol. The number of thiophene rings is 1. The Labute approximate surface area is 96.0 Å². The van der Waals surface area contributed by atoms with Crippen LogP contribution in [0.15, 0.2) is 6.07 Å². The summed E-state index contributed by atoms with van der Waals surface area (Å²) in [5.41, 5.74) is 0.158. The van der Waals surface area contributed by atoms with Gasteiger partial charge >= 0.3 is 0 Å². The van der Waals surface area contributed by atoms with Gasteiger partial charge in [0.25, 0.3) is 0 Å². The molecule has 1 heterocycles. The third-order valence-electron chi connectivity index (χ3n) is 1.61. The third-order valence-corrected chi connectivity index (χ3v) is 3.36. The summed E-state index contributed by atoms with van der Waals surface area (Å²) in [6.07, 6.45) is 0. The Hall–Kier alpha value is -0.210. The summed E-state index contributed by atoms with van der Waals surface area (Å²) in [6.45, 7) is 10.5. The van der Waals surface area contributed by atoms with Gasteiger partial charge in [0, 0.05) is 4.88 Å². The third kappa shape index (κ3) is 3.50. The van der Waals surface area contributed by atoms with E-state index in [-0.39, 0.29) is 5.41 Å². The first-order chi connectivity index (χ1) is 6.45. The first kappa shape index (κ1) is 13.8. The quantitative estimate of drug-likeness (QED) is 0.683. The molecule has 0 bridgehead atoms. The highest BCUT2D eigenvalue weighted by Gasteiger charge is 2.18. The molecule has 14 heavy (non-hydrogen) atoms. The largest absolute Gasteiger partial charge is 0.494 e. The lowest BCUT2D eigenvalue weighted by molar-refractivity contribution is 0.416. The lowest BCUT2D eigenvalue weighted by Gasteiger charge is -2.14. The number of hydrogen-bond acceptors (Lipinski definition) is 2. The van der Waals surface area contributed by atoms with Crippen LogP contribution >= 0.6 is 22.9 Å². The summed E-state index contributed by atoms with van der Waals surface area (Å²) in [7, 11) is 1.64. The second-order valence-corrected chi connectivity index (χ2v) is 5.36. The van der Waals surface area contributed by atoms with Gasteiger partial charge in [-0.05, 0) is 11.5 Å². The van der Waals surface area contributed by atoms with E-state index in [2.05, 4.69) is 20.8 Å². The molecule has 0 saturated carbocycles. The van der Waals surface area contributed by atoms with Crippen LogP contribution in [0.5, 0.6) is 5.75 Å². The van der Waals surface area contributed by atoms with E-state index in [9.17, 15) is 0 Å². The minimum atomic E-state index is 0.158. The van der Waals surface area contributed by atoms with E-state index < -0.39 is 0 Å². The number of rotatable bonds is 1. The summed E-state index contributed by atoms with van der Waals surface area (Å²) < 4.78 is 5.84. The Bertz CT molecular complexity index is 273. The van der Waals surface area contributed by atoms with Crippen LogP contribution in [0.2, 0.25) is 4.34 Å². The average molecular weight is 235 g/mol. The molecular weight excluding hydrogens is 216 g/mol. The van der Waals surface area contributed by atoms with Crippen LogP contribution in [0.1, 0.15) is 39.5 Å². The first-order valence-electron chi connectivity index (χ1n) is 4.79. The second kappa shape index (κ2) is 5.62. The van der Waals surface area contributed by atoms with Crippen molar-refractivity contribution in [3.63, 3.8) is 0 Å².